The predicted molar refractivity (Wildman–Crippen MR) is 107 cm³/mol. The van der Waals surface area contributed by atoms with Gasteiger partial charge in [0.25, 0.3) is 0 Å². The molecule has 1 aromatic heterocycles. The van der Waals surface area contributed by atoms with Crippen molar-refractivity contribution >= 4 is 11.6 Å². The summed E-state index contributed by atoms with van der Waals surface area (Å²) in [6.07, 6.45) is 4.48. The van der Waals surface area contributed by atoms with Crippen molar-refractivity contribution in [2.24, 2.45) is 5.92 Å². The summed E-state index contributed by atoms with van der Waals surface area (Å²) in [6, 6.07) is 12.1. The third-order valence-corrected chi connectivity index (χ3v) is 5.01. The number of pyridine rings is 1. The Kier molecular flexibility index (Phi) is 7.30. The molecule has 4 nitrogen and oxygen atoms in total. The zero-order chi connectivity index (χ0) is 18.2. The Morgan fingerprint density at radius 3 is 2.65 bits per heavy atom. The molecule has 140 valence electrons. The monoisotopic (exact) mass is 373 g/mol. The SMILES string of the molecule is C[C@H]1CCCN(CCOc2ccc(CNCc3ccc(Cl)nc3)cc2)C1. The van der Waals surface area contributed by atoms with Crippen molar-refractivity contribution in [2.45, 2.75) is 32.9 Å². The number of nitrogens with one attached hydrogen (secondary N) is 1. The van der Waals surface area contributed by atoms with Crippen LogP contribution in [0.1, 0.15) is 30.9 Å². The van der Waals surface area contributed by atoms with E-state index in [9.17, 15) is 0 Å². The van der Waals surface area contributed by atoms with Crippen LogP contribution in [-0.2, 0) is 13.1 Å². The molecule has 0 saturated carbocycles. The molecule has 0 amide bonds. The quantitative estimate of drug-likeness (QED) is 0.706. The van der Waals surface area contributed by atoms with Gasteiger partial charge in [-0.05, 0) is 54.6 Å². The molecule has 1 saturated heterocycles. The van der Waals surface area contributed by atoms with E-state index >= 15 is 0 Å². The maximum Gasteiger partial charge on any atom is 0.129 e. The number of aromatic nitrogens is 1. The molecule has 1 N–H and O–H groups in total. The fourth-order valence-electron chi connectivity index (χ4n) is 3.35. The van der Waals surface area contributed by atoms with Crippen molar-refractivity contribution in [3.8, 4) is 5.75 Å². The second kappa shape index (κ2) is 9.91. The van der Waals surface area contributed by atoms with Crippen LogP contribution in [0.2, 0.25) is 5.15 Å². The number of halogens is 1. The van der Waals surface area contributed by atoms with Crippen LogP contribution in [0.15, 0.2) is 42.6 Å². The number of likely N-dealkylation sites (tertiary alicyclic amines) is 1. The zero-order valence-electron chi connectivity index (χ0n) is 15.5. The molecule has 1 aliphatic rings. The molecule has 1 atom stereocenters. The van der Waals surface area contributed by atoms with Gasteiger partial charge in [0.15, 0.2) is 0 Å². The topological polar surface area (TPSA) is 37.4 Å². The van der Waals surface area contributed by atoms with Crippen LogP contribution in [0.25, 0.3) is 0 Å². The van der Waals surface area contributed by atoms with E-state index in [1.54, 1.807) is 6.20 Å². The van der Waals surface area contributed by atoms with Gasteiger partial charge in [0.1, 0.15) is 17.5 Å². The zero-order valence-corrected chi connectivity index (χ0v) is 16.2. The van der Waals surface area contributed by atoms with Crippen LogP contribution >= 0.6 is 11.6 Å². The molecule has 1 fully saturated rings. The van der Waals surface area contributed by atoms with E-state index in [1.165, 1.54) is 31.5 Å². The van der Waals surface area contributed by atoms with Gasteiger partial charge in [0.05, 0.1) is 0 Å². The average Bonchev–Trinajstić information content (AvgIpc) is 2.65. The van der Waals surface area contributed by atoms with Crippen LogP contribution in [0.5, 0.6) is 5.75 Å². The summed E-state index contributed by atoms with van der Waals surface area (Å²) in [7, 11) is 0. The highest BCUT2D eigenvalue weighted by Crippen LogP contribution is 2.16. The lowest BCUT2D eigenvalue weighted by Gasteiger charge is -2.30. The number of rotatable bonds is 8. The summed E-state index contributed by atoms with van der Waals surface area (Å²) < 4.78 is 5.90. The number of hydrogen-bond acceptors (Lipinski definition) is 4. The van der Waals surface area contributed by atoms with Gasteiger partial charge in [-0.25, -0.2) is 4.98 Å². The maximum atomic E-state index is 5.90. The molecule has 1 aliphatic heterocycles. The lowest BCUT2D eigenvalue weighted by atomic mass is 10.0. The highest BCUT2D eigenvalue weighted by Gasteiger charge is 2.15. The number of piperidine rings is 1. The van der Waals surface area contributed by atoms with Gasteiger partial charge < -0.3 is 10.1 Å². The van der Waals surface area contributed by atoms with Gasteiger partial charge in [-0.2, -0.15) is 0 Å². The molecule has 0 radical (unpaired) electrons. The second-order valence-electron chi connectivity index (χ2n) is 7.13. The number of nitrogens with zero attached hydrogens (tertiary/aromatic N) is 2. The van der Waals surface area contributed by atoms with Crippen molar-refractivity contribution in [3.63, 3.8) is 0 Å². The summed E-state index contributed by atoms with van der Waals surface area (Å²) in [6.45, 7) is 8.11. The van der Waals surface area contributed by atoms with E-state index in [0.717, 1.165) is 43.5 Å². The molecule has 2 aromatic rings. The first kappa shape index (κ1) is 19.2. The first-order valence-corrected chi connectivity index (χ1v) is 9.82. The molecule has 0 bridgehead atoms. The van der Waals surface area contributed by atoms with Gasteiger partial charge >= 0.3 is 0 Å². The van der Waals surface area contributed by atoms with Crippen molar-refractivity contribution in [1.29, 1.82) is 0 Å². The lowest BCUT2D eigenvalue weighted by Crippen LogP contribution is -2.37. The standard InChI is InChI=1S/C21H28ClN3O/c1-17-3-2-10-25(16-17)11-12-26-20-7-4-18(5-8-20)13-23-14-19-6-9-21(22)24-15-19/h4-9,15,17,23H,2-3,10-14,16H2,1H3/t17-/m0/s1. The minimum absolute atomic E-state index is 0.527. The first-order valence-electron chi connectivity index (χ1n) is 9.44. The molecule has 0 unspecified atom stereocenters. The van der Waals surface area contributed by atoms with Gasteiger partial charge in [-0.3, -0.25) is 4.90 Å². The molecule has 0 aliphatic carbocycles. The maximum absolute atomic E-state index is 5.90. The minimum Gasteiger partial charge on any atom is -0.492 e. The van der Waals surface area contributed by atoms with Crippen LogP contribution in [0.4, 0.5) is 0 Å². The first-order chi connectivity index (χ1) is 12.7. The Labute approximate surface area is 161 Å². The largest absolute Gasteiger partial charge is 0.492 e. The van der Waals surface area contributed by atoms with Crippen LogP contribution in [0, 0.1) is 5.92 Å². The second-order valence-corrected chi connectivity index (χ2v) is 7.52. The summed E-state index contributed by atoms with van der Waals surface area (Å²) in [5.41, 5.74) is 2.37. The van der Waals surface area contributed by atoms with E-state index in [-0.39, 0.29) is 0 Å². The number of hydrogen-bond donors (Lipinski definition) is 1. The van der Waals surface area contributed by atoms with E-state index in [4.69, 9.17) is 16.3 Å². The fourth-order valence-corrected chi connectivity index (χ4v) is 3.46. The van der Waals surface area contributed by atoms with Gasteiger partial charge in [0.2, 0.25) is 0 Å². The number of ether oxygens (including phenoxy) is 1. The Bertz CT molecular complexity index is 660. The Morgan fingerprint density at radius 1 is 1.15 bits per heavy atom. The summed E-state index contributed by atoms with van der Waals surface area (Å²) >= 11 is 5.80. The summed E-state index contributed by atoms with van der Waals surface area (Å²) in [5.74, 6) is 1.76. The molecule has 2 heterocycles. The van der Waals surface area contributed by atoms with E-state index in [0.29, 0.717) is 5.15 Å². The number of benzene rings is 1. The van der Waals surface area contributed by atoms with Crippen molar-refractivity contribution in [1.82, 2.24) is 15.2 Å². The smallest absolute Gasteiger partial charge is 0.129 e. The van der Waals surface area contributed by atoms with Crippen molar-refractivity contribution in [2.75, 3.05) is 26.2 Å². The molecule has 26 heavy (non-hydrogen) atoms. The third kappa shape index (κ3) is 6.27. The highest BCUT2D eigenvalue weighted by atomic mass is 35.5. The van der Waals surface area contributed by atoms with E-state index < -0.39 is 0 Å². The van der Waals surface area contributed by atoms with Crippen molar-refractivity contribution < 1.29 is 4.74 Å². The van der Waals surface area contributed by atoms with E-state index in [2.05, 4.69) is 46.4 Å². The predicted octanol–water partition coefficient (Wildman–Crippen LogP) is 4.14. The Morgan fingerprint density at radius 2 is 1.92 bits per heavy atom. The average molecular weight is 374 g/mol. The molecule has 0 spiro atoms. The lowest BCUT2D eigenvalue weighted by molar-refractivity contribution is 0.153. The molecular formula is C21H28ClN3O. The normalized spacial score (nSPS) is 18.0. The van der Waals surface area contributed by atoms with E-state index in [1.807, 2.05) is 12.1 Å². The third-order valence-electron chi connectivity index (χ3n) is 4.79. The molecule has 1 aromatic carbocycles. The van der Waals surface area contributed by atoms with Gasteiger partial charge in [-0.1, -0.05) is 36.7 Å². The molecular weight excluding hydrogens is 346 g/mol. The minimum atomic E-state index is 0.527. The molecule has 3 rings (SSSR count). The summed E-state index contributed by atoms with van der Waals surface area (Å²) in [5, 5.41) is 3.94. The fraction of sp³-hybridized carbons (Fsp3) is 0.476. The summed E-state index contributed by atoms with van der Waals surface area (Å²) in [4.78, 5) is 6.60. The van der Waals surface area contributed by atoms with Gasteiger partial charge in [-0.15, -0.1) is 0 Å². The Hall–Kier alpha value is -1.62. The highest BCUT2D eigenvalue weighted by molar-refractivity contribution is 6.29. The Balaban J connectivity index is 1.35. The van der Waals surface area contributed by atoms with Crippen molar-refractivity contribution in [3.05, 3.63) is 58.9 Å². The molecule has 5 heteroatoms. The van der Waals surface area contributed by atoms with Crippen LogP contribution < -0.4 is 10.1 Å². The van der Waals surface area contributed by atoms with Gasteiger partial charge in [0, 0.05) is 32.4 Å². The van der Waals surface area contributed by atoms with Crippen LogP contribution in [-0.4, -0.2) is 36.1 Å². The van der Waals surface area contributed by atoms with Crippen LogP contribution in [0.3, 0.4) is 0 Å².